The van der Waals surface area contributed by atoms with Gasteiger partial charge in [-0.05, 0) is 19.3 Å². The van der Waals surface area contributed by atoms with Crippen LogP contribution in [0.25, 0.3) is 0 Å². The lowest BCUT2D eigenvalue weighted by Gasteiger charge is -2.27. The van der Waals surface area contributed by atoms with Gasteiger partial charge in [0.2, 0.25) is 17.7 Å². The van der Waals surface area contributed by atoms with E-state index < -0.39 is 12.1 Å². The summed E-state index contributed by atoms with van der Waals surface area (Å²) in [6.07, 6.45) is 0.406. The molecule has 0 aliphatic carbocycles. The molecule has 7 heteroatoms. The van der Waals surface area contributed by atoms with Crippen molar-refractivity contribution in [3.63, 3.8) is 0 Å². The summed E-state index contributed by atoms with van der Waals surface area (Å²) >= 11 is 1.56. The zero-order chi connectivity index (χ0) is 16.9. The van der Waals surface area contributed by atoms with Crippen molar-refractivity contribution in [3.05, 3.63) is 0 Å². The van der Waals surface area contributed by atoms with Crippen molar-refractivity contribution in [3.8, 4) is 0 Å². The molecule has 0 bridgehead atoms. The Bertz CT molecular complexity index is 434. The highest BCUT2D eigenvalue weighted by atomic mass is 32.2. The predicted molar refractivity (Wildman–Crippen MR) is 88.3 cm³/mol. The number of hydrogen-bond donors (Lipinski definition) is 2. The third-order valence-corrected chi connectivity index (χ3v) is 4.30. The minimum Gasteiger partial charge on any atom is -0.355 e. The molecule has 0 unspecified atom stereocenters. The Morgan fingerprint density at radius 1 is 1.32 bits per heavy atom. The molecule has 1 aliphatic rings. The summed E-state index contributed by atoms with van der Waals surface area (Å²) in [4.78, 5) is 38.0. The van der Waals surface area contributed by atoms with Crippen LogP contribution < -0.4 is 10.6 Å². The molecule has 1 saturated heterocycles. The second-order valence-electron chi connectivity index (χ2n) is 6.74. The van der Waals surface area contributed by atoms with Crippen molar-refractivity contribution in [2.45, 2.75) is 53.1 Å². The average molecular weight is 329 g/mol. The molecule has 2 atom stereocenters. The van der Waals surface area contributed by atoms with E-state index in [1.807, 2.05) is 27.7 Å². The van der Waals surface area contributed by atoms with Gasteiger partial charge in [-0.15, -0.1) is 11.8 Å². The highest BCUT2D eigenvalue weighted by Crippen LogP contribution is 2.26. The zero-order valence-corrected chi connectivity index (χ0v) is 14.9. The van der Waals surface area contributed by atoms with Crippen LogP contribution in [0.1, 0.15) is 41.0 Å². The number of hydrogen-bond acceptors (Lipinski definition) is 4. The van der Waals surface area contributed by atoms with E-state index in [1.54, 1.807) is 23.6 Å². The summed E-state index contributed by atoms with van der Waals surface area (Å²) in [7, 11) is 0. The lowest BCUT2D eigenvalue weighted by Crippen LogP contribution is -2.53. The lowest BCUT2D eigenvalue weighted by atomic mass is 9.91. The van der Waals surface area contributed by atoms with E-state index in [-0.39, 0.29) is 23.1 Å². The molecule has 0 aromatic rings. The Labute approximate surface area is 136 Å². The van der Waals surface area contributed by atoms with Gasteiger partial charge < -0.3 is 15.5 Å². The first-order chi connectivity index (χ1) is 10.2. The normalized spacial score (nSPS) is 19.7. The van der Waals surface area contributed by atoms with Crippen molar-refractivity contribution in [1.82, 2.24) is 15.5 Å². The highest BCUT2D eigenvalue weighted by molar-refractivity contribution is 7.99. The fraction of sp³-hybridized carbons (Fsp3) is 0.800. The average Bonchev–Trinajstić information content (AvgIpc) is 2.86. The number of carbonyl (C=O) groups excluding carboxylic acids is 3. The van der Waals surface area contributed by atoms with E-state index in [9.17, 15) is 14.4 Å². The van der Waals surface area contributed by atoms with E-state index in [1.165, 1.54) is 0 Å². The zero-order valence-electron chi connectivity index (χ0n) is 14.1. The molecule has 1 heterocycles. The number of carbonyl (C=O) groups is 3. The van der Waals surface area contributed by atoms with Crippen molar-refractivity contribution in [1.29, 1.82) is 0 Å². The van der Waals surface area contributed by atoms with Gasteiger partial charge in [0.05, 0.1) is 5.88 Å². The first kappa shape index (κ1) is 18.8. The summed E-state index contributed by atoms with van der Waals surface area (Å²) in [5.74, 6) is 0.621. The van der Waals surface area contributed by atoms with Crippen molar-refractivity contribution < 1.29 is 14.4 Å². The van der Waals surface area contributed by atoms with Gasteiger partial charge in [-0.25, -0.2) is 0 Å². The summed E-state index contributed by atoms with van der Waals surface area (Å²) in [5, 5.41) is 5.36. The fourth-order valence-electron chi connectivity index (χ4n) is 2.16. The molecule has 0 aromatic carbocycles. The number of nitrogens with zero attached hydrogens (tertiary/aromatic N) is 1. The molecule has 1 aliphatic heterocycles. The molecule has 1 fully saturated rings. The molecule has 0 aromatic heterocycles. The van der Waals surface area contributed by atoms with E-state index in [4.69, 9.17) is 0 Å². The Morgan fingerprint density at radius 2 is 1.95 bits per heavy atom. The van der Waals surface area contributed by atoms with Gasteiger partial charge in [-0.1, -0.05) is 20.8 Å². The molecule has 22 heavy (non-hydrogen) atoms. The Balaban J connectivity index is 2.64. The number of nitrogens with one attached hydrogen (secondary N) is 2. The van der Waals surface area contributed by atoms with Gasteiger partial charge >= 0.3 is 0 Å². The van der Waals surface area contributed by atoms with Crippen LogP contribution in [0, 0.1) is 5.41 Å². The van der Waals surface area contributed by atoms with Crippen LogP contribution in [0.5, 0.6) is 0 Å². The lowest BCUT2D eigenvalue weighted by molar-refractivity contribution is -0.140. The number of amides is 3. The summed E-state index contributed by atoms with van der Waals surface area (Å²) in [6.45, 7) is 9.99. The van der Waals surface area contributed by atoms with Crippen LogP contribution in [0.15, 0.2) is 0 Å². The van der Waals surface area contributed by atoms with Crippen LogP contribution in [0.3, 0.4) is 0 Å². The molecule has 6 nitrogen and oxygen atoms in total. The van der Waals surface area contributed by atoms with Crippen LogP contribution in [0.2, 0.25) is 0 Å². The van der Waals surface area contributed by atoms with Gasteiger partial charge in [0, 0.05) is 18.7 Å². The smallest absolute Gasteiger partial charge is 0.244 e. The molecule has 0 spiro atoms. The molecule has 0 radical (unpaired) electrons. The van der Waals surface area contributed by atoms with Gasteiger partial charge in [0.25, 0.3) is 0 Å². The fourth-order valence-corrected chi connectivity index (χ4v) is 3.34. The summed E-state index contributed by atoms with van der Waals surface area (Å²) < 4.78 is 0. The first-order valence-electron chi connectivity index (χ1n) is 7.61. The van der Waals surface area contributed by atoms with E-state index in [2.05, 4.69) is 10.6 Å². The Morgan fingerprint density at radius 3 is 2.50 bits per heavy atom. The maximum Gasteiger partial charge on any atom is 0.244 e. The van der Waals surface area contributed by atoms with Crippen LogP contribution in [-0.4, -0.2) is 52.9 Å². The van der Waals surface area contributed by atoms with Crippen LogP contribution in [0.4, 0.5) is 0 Å². The molecule has 3 amide bonds. The Kier molecular flexibility index (Phi) is 6.71. The molecule has 126 valence electrons. The van der Waals surface area contributed by atoms with Gasteiger partial charge in [-0.3, -0.25) is 14.4 Å². The molecule has 2 N–H and O–H groups in total. The second-order valence-corrected chi connectivity index (χ2v) is 7.74. The van der Waals surface area contributed by atoms with Crippen molar-refractivity contribution >= 4 is 29.5 Å². The van der Waals surface area contributed by atoms with Gasteiger partial charge in [0.15, 0.2) is 0 Å². The molecule has 0 saturated carbocycles. The monoisotopic (exact) mass is 329 g/mol. The van der Waals surface area contributed by atoms with Crippen molar-refractivity contribution in [2.24, 2.45) is 5.41 Å². The number of thioether (sulfide) groups is 1. The minimum atomic E-state index is -0.599. The predicted octanol–water partition coefficient (Wildman–Crippen LogP) is 0.965. The van der Waals surface area contributed by atoms with Crippen molar-refractivity contribution in [2.75, 3.05) is 18.2 Å². The SMILES string of the molecule is CCNC(=O)[C@H](C)NC(=O)[C@H]1CSCN1C(=O)CC(C)(C)C. The van der Waals surface area contributed by atoms with E-state index in [0.717, 1.165) is 0 Å². The quantitative estimate of drug-likeness (QED) is 0.788. The van der Waals surface area contributed by atoms with Crippen LogP contribution >= 0.6 is 11.8 Å². The van der Waals surface area contributed by atoms with Gasteiger partial charge in [-0.2, -0.15) is 0 Å². The topological polar surface area (TPSA) is 78.5 Å². The molecular formula is C15H27N3O3S. The maximum absolute atomic E-state index is 12.4. The standard InChI is InChI=1S/C15H27N3O3S/c1-6-16-13(20)10(2)17-14(21)11-8-22-9-18(11)12(19)7-15(3,4)5/h10-11H,6-9H2,1-5H3,(H,16,20)(H,17,21)/t10-,11+/m0/s1. The summed E-state index contributed by atoms with van der Waals surface area (Å²) in [6, 6.07) is -1.09. The third-order valence-electron chi connectivity index (χ3n) is 3.29. The first-order valence-corrected chi connectivity index (χ1v) is 8.76. The molecular weight excluding hydrogens is 302 g/mol. The molecule has 1 rings (SSSR count). The largest absolute Gasteiger partial charge is 0.355 e. The van der Waals surface area contributed by atoms with Gasteiger partial charge in [0.1, 0.15) is 12.1 Å². The highest BCUT2D eigenvalue weighted by Gasteiger charge is 2.36. The number of likely N-dealkylation sites (N-methyl/N-ethyl adjacent to an activating group) is 1. The maximum atomic E-state index is 12.4. The number of rotatable bonds is 5. The van der Waals surface area contributed by atoms with E-state index >= 15 is 0 Å². The minimum absolute atomic E-state index is 0.0108. The Hall–Kier alpha value is -1.24. The van der Waals surface area contributed by atoms with Crippen LogP contribution in [-0.2, 0) is 14.4 Å². The third kappa shape index (κ3) is 5.51. The van der Waals surface area contributed by atoms with E-state index in [0.29, 0.717) is 24.6 Å². The second kappa shape index (κ2) is 7.85. The summed E-state index contributed by atoms with van der Waals surface area (Å²) in [5.41, 5.74) is -0.111.